The summed E-state index contributed by atoms with van der Waals surface area (Å²) in [5.41, 5.74) is -1.93. The Morgan fingerprint density at radius 3 is 2.71 bits per heavy atom. The Hall–Kier alpha value is -0.850. The number of thioether (sulfide) groups is 1. The SMILES string of the molecule is [2H]C([2H])([2H])C([2H])([2H])N(CCSCC(=O)O[C@@H]1C[C@@](C)(C=C)[C@@H](O)[C@H](C)C23CCC(=O)[C@H]2[C@@]1(C)C(C)CC3)C([2H])([2H])C([2H])([2H])[2H]. The number of aliphatic hydroxyl groups excluding tert-OH is 1. The molecule has 3 rings (SSSR count). The van der Waals surface area contributed by atoms with Crippen LogP contribution in [0.3, 0.4) is 0 Å². The highest BCUT2D eigenvalue weighted by atomic mass is 32.2. The van der Waals surface area contributed by atoms with Crippen molar-refractivity contribution >= 4 is 23.5 Å². The Kier molecular flexibility index (Phi) is 5.26. The second-order valence-corrected chi connectivity index (χ2v) is 12.1. The number of carbonyl (C=O) groups is 2. The van der Waals surface area contributed by atoms with Gasteiger partial charge in [-0.15, -0.1) is 18.3 Å². The lowest BCUT2D eigenvalue weighted by Crippen LogP contribution is -2.63. The van der Waals surface area contributed by atoms with Crippen LogP contribution in [0.15, 0.2) is 12.7 Å². The number of aliphatic hydroxyl groups is 1. The first kappa shape index (κ1) is 16.8. The number of esters is 1. The molecular weight excluding hydrogens is 446 g/mol. The summed E-state index contributed by atoms with van der Waals surface area (Å²) >= 11 is 0.936. The van der Waals surface area contributed by atoms with Crippen LogP contribution in [-0.2, 0) is 14.3 Å². The second-order valence-electron chi connectivity index (χ2n) is 11.0. The molecule has 2 bridgehead atoms. The van der Waals surface area contributed by atoms with Gasteiger partial charge >= 0.3 is 5.97 Å². The predicted molar refractivity (Wildman–Crippen MR) is 140 cm³/mol. The van der Waals surface area contributed by atoms with Gasteiger partial charge in [0.15, 0.2) is 0 Å². The number of ketones is 1. The minimum Gasteiger partial charge on any atom is -0.461 e. The highest BCUT2D eigenvalue weighted by Gasteiger charge is 2.68. The molecule has 0 saturated heterocycles. The fraction of sp³-hybridized carbons (Fsp3) is 0.857. The van der Waals surface area contributed by atoms with E-state index in [0.29, 0.717) is 12.8 Å². The quantitative estimate of drug-likeness (QED) is 0.272. The molecule has 0 heterocycles. The van der Waals surface area contributed by atoms with Crippen LogP contribution >= 0.6 is 11.8 Å². The van der Waals surface area contributed by atoms with Crippen molar-refractivity contribution in [3.8, 4) is 0 Å². The molecule has 6 heteroatoms. The average Bonchev–Trinajstić information content (AvgIpc) is 3.25. The summed E-state index contributed by atoms with van der Waals surface area (Å²) in [6.07, 6.45) is 3.12. The monoisotopic (exact) mass is 503 g/mol. The zero-order chi connectivity index (χ0) is 33.9. The first-order valence-electron chi connectivity index (χ1n) is 17.2. The van der Waals surface area contributed by atoms with E-state index in [1.807, 2.05) is 20.8 Å². The van der Waals surface area contributed by atoms with Gasteiger partial charge < -0.3 is 14.7 Å². The van der Waals surface area contributed by atoms with Crippen LogP contribution in [0.25, 0.3) is 0 Å². The summed E-state index contributed by atoms with van der Waals surface area (Å²) in [7, 11) is 0. The zero-order valence-corrected chi connectivity index (χ0v) is 21.7. The maximum Gasteiger partial charge on any atom is 0.316 e. The molecule has 0 spiro atoms. The summed E-state index contributed by atoms with van der Waals surface area (Å²) in [5.74, 6) is -1.43. The van der Waals surface area contributed by atoms with Crippen LogP contribution in [0.4, 0.5) is 0 Å². The molecule has 0 amide bonds. The third-order valence-electron chi connectivity index (χ3n) is 9.52. The Balaban J connectivity index is 1.84. The normalized spacial score (nSPS) is 48.1. The van der Waals surface area contributed by atoms with Gasteiger partial charge in [-0.2, -0.15) is 0 Å². The van der Waals surface area contributed by atoms with Crippen molar-refractivity contribution in [3.05, 3.63) is 12.7 Å². The van der Waals surface area contributed by atoms with Crippen molar-refractivity contribution in [2.24, 2.45) is 34.0 Å². The van der Waals surface area contributed by atoms with Crippen LogP contribution in [0, 0.1) is 34.0 Å². The molecule has 3 aliphatic carbocycles. The van der Waals surface area contributed by atoms with Gasteiger partial charge in [0.1, 0.15) is 11.9 Å². The molecule has 8 atom stereocenters. The van der Waals surface area contributed by atoms with Crippen LogP contribution in [0.1, 0.15) is 87.2 Å². The number of ether oxygens (including phenoxy) is 1. The van der Waals surface area contributed by atoms with Gasteiger partial charge in [0.05, 0.1) is 11.9 Å². The number of hydrogen-bond acceptors (Lipinski definition) is 6. The lowest BCUT2D eigenvalue weighted by Gasteiger charge is -2.61. The summed E-state index contributed by atoms with van der Waals surface area (Å²) in [6, 6.07) is 0. The topological polar surface area (TPSA) is 66.8 Å². The predicted octanol–water partition coefficient (Wildman–Crippen LogP) is 4.97. The minimum atomic E-state index is -3.34. The highest BCUT2D eigenvalue weighted by molar-refractivity contribution is 7.99. The van der Waals surface area contributed by atoms with E-state index < -0.39 is 67.7 Å². The Bertz CT molecular complexity index is 1090. The Morgan fingerprint density at radius 1 is 1.35 bits per heavy atom. The average molecular weight is 504 g/mol. The lowest BCUT2D eigenvalue weighted by atomic mass is 9.44. The molecular formula is C28H47NO4S. The number of carbonyl (C=O) groups excluding carboxylic acids is 2. The number of Topliss-reactive ketones (excluding diaryl/α,β-unsaturated/α-hetero) is 1. The summed E-state index contributed by atoms with van der Waals surface area (Å²) < 4.78 is 83.6. The van der Waals surface area contributed by atoms with Crippen molar-refractivity contribution < 1.29 is 33.1 Å². The molecule has 0 aromatic rings. The zero-order valence-electron chi connectivity index (χ0n) is 30.9. The van der Waals surface area contributed by atoms with E-state index in [-0.39, 0.29) is 46.4 Å². The van der Waals surface area contributed by atoms with Gasteiger partial charge in [-0.05, 0) is 55.9 Å². The second kappa shape index (κ2) is 10.6. The van der Waals surface area contributed by atoms with E-state index in [4.69, 9.17) is 18.4 Å². The third kappa shape index (κ3) is 4.64. The van der Waals surface area contributed by atoms with E-state index in [1.165, 1.54) is 0 Å². The van der Waals surface area contributed by atoms with Gasteiger partial charge in [-0.3, -0.25) is 9.59 Å². The van der Waals surface area contributed by atoms with E-state index in [9.17, 15) is 14.7 Å². The first-order valence-corrected chi connectivity index (χ1v) is 13.4. The molecule has 0 aliphatic heterocycles. The number of rotatable bonds is 9. The summed E-state index contributed by atoms with van der Waals surface area (Å²) in [5, 5.41) is 11.6. The van der Waals surface area contributed by atoms with Gasteiger partial charge in [0.2, 0.25) is 0 Å². The van der Waals surface area contributed by atoms with Crippen molar-refractivity contribution in [2.45, 2.75) is 85.7 Å². The maximum atomic E-state index is 13.5. The van der Waals surface area contributed by atoms with Gasteiger partial charge in [0.25, 0.3) is 0 Å². The molecule has 0 radical (unpaired) electrons. The van der Waals surface area contributed by atoms with Crippen molar-refractivity contribution in [1.29, 1.82) is 0 Å². The van der Waals surface area contributed by atoms with Gasteiger partial charge in [-0.1, -0.05) is 47.5 Å². The largest absolute Gasteiger partial charge is 0.461 e. The van der Waals surface area contributed by atoms with Gasteiger partial charge in [-0.25, -0.2) is 0 Å². The smallest absolute Gasteiger partial charge is 0.316 e. The highest BCUT2D eigenvalue weighted by Crippen LogP contribution is 2.67. The van der Waals surface area contributed by atoms with Crippen LogP contribution in [0.2, 0.25) is 0 Å². The molecule has 194 valence electrons. The number of hydrogen-bond donors (Lipinski definition) is 1. The molecule has 2 unspecified atom stereocenters. The van der Waals surface area contributed by atoms with E-state index in [2.05, 4.69) is 13.5 Å². The molecule has 34 heavy (non-hydrogen) atoms. The lowest BCUT2D eigenvalue weighted by molar-refractivity contribution is -0.205. The fourth-order valence-corrected chi connectivity index (χ4v) is 7.84. The first-order chi connectivity index (χ1) is 19.8. The van der Waals surface area contributed by atoms with Crippen molar-refractivity contribution in [1.82, 2.24) is 4.90 Å². The maximum absolute atomic E-state index is 13.5. The molecule has 5 nitrogen and oxygen atoms in total. The van der Waals surface area contributed by atoms with Crippen LogP contribution in [0.5, 0.6) is 0 Å². The van der Waals surface area contributed by atoms with Crippen molar-refractivity contribution in [3.63, 3.8) is 0 Å². The summed E-state index contributed by atoms with van der Waals surface area (Å²) in [6.45, 7) is -1.90. The van der Waals surface area contributed by atoms with E-state index >= 15 is 0 Å². The Morgan fingerprint density at radius 2 is 2.06 bits per heavy atom. The van der Waals surface area contributed by atoms with E-state index in [1.54, 1.807) is 6.08 Å². The number of nitrogens with zero attached hydrogens (tertiary/aromatic N) is 1. The van der Waals surface area contributed by atoms with Gasteiger partial charge in [0, 0.05) is 49.2 Å². The van der Waals surface area contributed by atoms with Crippen LogP contribution in [-0.4, -0.2) is 65.0 Å². The fourth-order valence-electron chi connectivity index (χ4n) is 7.15. The standard InChI is InChI=1S/C28H47NO4S/c1-8-26(6)17-22(33-23(31)18-34-16-15-29(9-2)10-3)27(7)19(4)11-13-28(20(5)25(26)32)14-12-21(30)24(27)28/h8,19-20,22,24-25,32H,1,9-18H2,2-7H3/t19?,20-,22+,24-,25-,26+,27-,28?/m0/s1/i2D3,3D3,9D2,10D2. The third-order valence-corrected chi connectivity index (χ3v) is 10.4. The van der Waals surface area contributed by atoms with Crippen molar-refractivity contribution in [2.75, 3.05) is 31.0 Å². The molecule has 1 N–H and O–H groups in total. The molecule has 3 aliphatic rings. The minimum absolute atomic E-state index is 0.0439. The van der Waals surface area contributed by atoms with Crippen LogP contribution < -0.4 is 0 Å². The van der Waals surface area contributed by atoms with E-state index in [0.717, 1.165) is 24.6 Å². The molecule has 0 aromatic heterocycles. The Labute approximate surface area is 225 Å². The molecule has 3 saturated carbocycles. The molecule has 0 aromatic carbocycles. The summed E-state index contributed by atoms with van der Waals surface area (Å²) in [4.78, 5) is 27.0. The molecule has 3 fully saturated rings.